The zero-order chi connectivity index (χ0) is 26.8. The Bertz CT molecular complexity index is 1530. The van der Waals surface area contributed by atoms with Crippen molar-refractivity contribution >= 4 is 17.4 Å². The summed E-state index contributed by atoms with van der Waals surface area (Å²) >= 11 is 0. The lowest BCUT2D eigenvalue weighted by molar-refractivity contribution is -0.140. The smallest absolute Gasteiger partial charge is 0.296 e. The van der Waals surface area contributed by atoms with Crippen molar-refractivity contribution in [1.29, 1.82) is 0 Å². The van der Waals surface area contributed by atoms with Crippen molar-refractivity contribution < 1.29 is 33.3 Å². The lowest BCUT2D eigenvalue weighted by Crippen LogP contribution is -2.29. The second-order valence-corrected chi connectivity index (χ2v) is 9.21. The second kappa shape index (κ2) is 10.4. The minimum atomic E-state index is -0.841. The maximum atomic E-state index is 13.3. The predicted octanol–water partition coefficient (Wildman–Crippen LogP) is 5.25. The number of carbonyl (C=O) groups is 2. The first-order valence-electron chi connectivity index (χ1n) is 12.6. The van der Waals surface area contributed by atoms with E-state index in [0.29, 0.717) is 54.0 Å². The van der Waals surface area contributed by atoms with E-state index in [1.807, 2.05) is 30.3 Å². The number of furan rings is 1. The highest BCUT2D eigenvalue weighted by atomic mass is 16.6. The van der Waals surface area contributed by atoms with Crippen LogP contribution in [0.4, 0.5) is 0 Å². The highest BCUT2D eigenvalue weighted by Gasteiger charge is 2.46. The van der Waals surface area contributed by atoms with E-state index in [2.05, 4.69) is 0 Å². The van der Waals surface area contributed by atoms with Crippen LogP contribution in [0.2, 0.25) is 0 Å². The molecule has 2 aliphatic rings. The van der Waals surface area contributed by atoms with Gasteiger partial charge in [-0.1, -0.05) is 42.5 Å². The second-order valence-electron chi connectivity index (χ2n) is 9.21. The summed E-state index contributed by atoms with van der Waals surface area (Å²) in [7, 11) is 0. The average molecular weight is 524 g/mol. The van der Waals surface area contributed by atoms with Crippen LogP contribution in [0.15, 0.2) is 101 Å². The first-order valence-corrected chi connectivity index (χ1v) is 12.6. The number of rotatable bonds is 7. The van der Waals surface area contributed by atoms with Gasteiger partial charge in [0, 0.05) is 5.56 Å². The summed E-state index contributed by atoms with van der Waals surface area (Å²) in [4.78, 5) is 28.0. The number of hydrogen-bond donors (Lipinski definition) is 1. The molecule has 0 spiro atoms. The third-order valence-corrected chi connectivity index (χ3v) is 6.71. The summed E-state index contributed by atoms with van der Waals surface area (Å²) in [5.41, 5.74) is 2.02. The van der Waals surface area contributed by atoms with E-state index < -0.39 is 17.7 Å². The molecule has 1 aromatic heterocycles. The molecule has 1 amide bonds. The number of aliphatic hydroxyl groups is 1. The first kappa shape index (κ1) is 24.4. The number of hydrogen-bond acceptors (Lipinski definition) is 7. The third-order valence-electron chi connectivity index (χ3n) is 6.71. The topological polar surface area (TPSA) is 98.4 Å². The molecule has 0 aliphatic carbocycles. The van der Waals surface area contributed by atoms with Crippen LogP contribution in [0.1, 0.15) is 28.5 Å². The molecule has 6 rings (SSSR count). The molecule has 1 atom stereocenters. The van der Waals surface area contributed by atoms with E-state index >= 15 is 0 Å². The molecule has 0 bridgehead atoms. The molecule has 1 fully saturated rings. The van der Waals surface area contributed by atoms with Crippen LogP contribution < -0.4 is 14.2 Å². The molecule has 4 aromatic rings. The van der Waals surface area contributed by atoms with Crippen molar-refractivity contribution in [3.05, 3.63) is 119 Å². The Kier molecular flexibility index (Phi) is 6.50. The SMILES string of the molecule is O=C1C(=O)N(Cc2ccco2)C(c2ccc(OCc3ccccc3)cc2)/C1=C(\O)c1ccc2c(c1)OCCO2. The Balaban J connectivity index is 1.36. The number of benzene rings is 3. The summed E-state index contributed by atoms with van der Waals surface area (Å²) in [5, 5.41) is 11.4. The summed E-state index contributed by atoms with van der Waals surface area (Å²) < 4.78 is 22.6. The van der Waals surface area contributed by atoms with Crippen LogP contribution in [-0.4, -0.2) is 34.9 Å². The Hall–Kier alpha value is -4.98. The number of nitrogens with zero attached hydrogens (tertiary/aromatic N) is 1. The van der Waals surface area contributed by atoms with Gasteiger partial charge in [0.1, 0.15) is 37.1 Å². The lowest BCUT2D eigenvalue weighted by atomic mass is 9.95. The Labute approximate surface area is 224 Å². The van der Waals surface area contributed by atoms with Crippen LogP contribution in [0.3, 0.4) is 0 Å². The number of likely N-dealkylation sites (tertiary alicyclic amines) is 1. The van der Waals surface area contributed by atoms with Crippen molar-refractivity contribution in [1.82, 2.24) is 4.90 Å². The molecule has 3 heterocycles. The highest BCUT2D eigenvalue weighted by molar-refractivity contribution is 6.46. The van der Waals surface area contributed by atoms with Crippen LogP contribution in [0.5, 0.6) is 17.2 Å². The molecule has 0 radical (unpaired) electrons. The van der Waals surface area contributed by atoms with Crippen molar-refractivity contribution in [2.45, 2.75) is 19.2 Å². The third kappa shape index (κ3) is 4.84. The fourth-order valence-corrected chi connectivity index (χ4v) is 4.79. The van der Waals surface area contributed by atoms with E-state index in [4.69, 9.17) is 18.6 Å². The normalized spacial score (nSPS) is 17.8. The minimum absolute atomic E-state index is 0.0128. The van der Waals surface area contributed by atoms with E-state index in [1.54, 1.807) is 54.6 Å². The van der Waals surface area contributed by atoms with E-state index in [9.17, 15) is 14.7 Å². The molecule has 1 saturated heterocycles. The number of fused-ring (bicyclic) bond motifs is 1. The molecule has 8 nitrogen and oxygen atoms in total. The number of aliphatic hydroxyl groups excluding tert-OH is 1. The van der Waals surface area contributed by atoms with Gasteiger partial charge in [0.25, 0.3) is 11.7 Å². The molecule has 39 heavy (non-hydrogen) atoms. The van der Waals surface area contributed by atoms with E-state index in [1.165, 1.54) is 11.2 Å². The molecule has 3 aromatic carbocycles. The van der Waals surface area contributed by atoms with Gasteiger partial charge in [0.15, 0.2) is 11.5 Å². The Morgan fingerprint density at radius 2 is 1.67 bits per heavy atom. The Morgan fingerprint density at radius 3 is 2.41 bits per heavy atom. The van der Waals surface area contributed by atoms with E-state index in [0.717, 1.165) is 5.56 Å². The van der Waals surface area contributed by atoms with Gasteiger partial charge >= 0.3 is 0 Å². The van der Waals surface area contributed by atoms with Gasteiger partial charge in [-0.25, -0.2) is 0 Å². The van der Waals surface area contributed by atoms with Gasteiger partial charge < -0.3 is 28.6 Å². The van der Waals surface area contributed by atoms with Crippen molar-refractivity contribution in [3.63, 3.8) is 0 Å². The molecule has 0 saturated carbocycles. The molecule has 8 heteroatoms. The van der Waals surface area contributed by atoms with Gasteiger partial charge in [-0.15, -0.1) is 0 Å². The number of amides is 1. The van der Waals surface area contributed by atoms with Gasteiger partial charge in [0.2, 0.25) is 0 Å². The maximum absolute atomic E-state index is 13.3. The highest BCUT2D eigenvalue weighted by Crippen LogP contribution is 2.42. The fraction of sp³-hybridized carbons (Fsp3) is 0.161. The number of Topliss-reactive ketones (excluding diaryl/α,β-unsaturated/α-hetero) is 1. The monoisotopic (exact) mass is 523 g/mol. The molecule has 1 unspecified atom stereocenters. The summed E-state index contributed by atoms with van der Waals surface area (Å²) in [6, 6.07) is 24.5. The average Bonchev–Trinajstić information content (AvgIpc) is 3.59. The zero-order valence-corrected chi connectivity index (χ0v) is 20.9. The summed E-state index contributed by atoms with van der Waals surface area (Å²) in [5.74, 6) is 0.386. The van der Waals surface area contributed by atoms with Crippen LogP contribution in [0.25, 0.3) is 5.76 Å². The van der Waals surface area contributed by atoms with Crippen LogP contribution in [0, 0.1) is 0 Å². The molecular weight excluding hydrogens is 498 g/mol. The van der Waals surface area contributed by atoms with Crippen LogP contribution >= 0.6 is 0 Å². The van der Waals surface area contributed by atoms with Gasteiger partial charge in [-0.05, 0) is 53.6 Å². The summed E-state index contributed by atoms with van der Waals surface area (Å²) in [6.45, 7) is 1.28. The maximum Gasteiger partial charge on any atom is 0.296 e. The Morgan fingerprint density at radius 1 is 0.897 bits per heavy atom. The summed E-state index contributed by atoms with van der Waals surface area (Å²) in [6.07, 6.45) is 1.51. The number of ether oxygens (including phenoxy) is 3. The molecular formula is C31H25NO7. The lowest BCUT2D eigenvalue weighted by Gasteiger charge is -2.25. The quantitative estimate of drug-likeness (QED) is 0.201. The van der Waals surface area contributed by atoms with Gasteiger partial charge in [-0.3, -0.25) is 9.59 Å². The number of carbonyl (C=O) groups excluding carboxylic acids is 2. The minimum Gasteiger partial charge on any atom is -0.507 e. The van der Waals surface area contributed by atoms with Gasteiger partial charge in [-0.2, -0.15) is 0 Å². The van der Waals surface area contributed by atoms with Crippen molar-refractivity contribution in [2.75, 3.05) is 13.2 Å². The standard InChI is InChI=1S/C31H25NO7/c33-29(22-10-13-25-26(17-22)38-16-15-37-25)27-28(32(31(35)30(27)34)18-24-7-4-14-36-24)21-8-11-23(12-9-21)39-19-20-5-2-1-3-6-20/h1-14,17,28,33H,15-16,18-19H2/b29-27+. The molecule has 2 aliphatic heterocycles. The van der Waals surface area contributed by atoms with E-state index in [-0.39, 0.29) is 17.9 Å². The van der Waals surface area contributed by atoms with Crippen LogP contribution in [-0.2, 0) is 22.7 Å². The fourth-order valence-electron chi connectivity index (χ4n) is 4.79. The zero-order valence-electron chi connectivity index (χ0n) is 20.9. The largest absolute Gasteiger partial charge is 0.507 e. The predicted molar refractivity (Wildman–Crippen MR) is 141 cm³/mol. The van der Waals surface area contributed by atoms with Crippen molar-refractivity contribution in [2.24, 2.45) is 0 Å². The first-order chi connectivity index (χ1) is 19.1. The molecule has 1 N–H and O–H groups in total. The van der Waals surface area contributed by atoms with Gasteiger partial charge in [0.05, 0.1) is 24.4 Å². The molecule has 196 valence electrons. The number of ketones is 1. The van der Waals surface area contributed by atoms with Crippen molar-refractivity contribution in [3.8, 4) is 17.2 Å².